The van der Waals surface area contributed by atoms with Gasteiger partial charge in [-0.3, -0.25) is 0 Å². The fourth-order valence-corrected chi connectivity index (χ4v) is 1.57. The van der Waals surface area contributed by atoms with Gasteiger partial charge in [0.1, 0.15) is 5.82 Å². The molecule has 0 saturated heterocycles. The second-order valence-electron chi connectivity index (χ2n) is 4.96. The molecule has 0 unspecified atom stereocenters. The van der Waals surface area contributed by atoms with Crippen molar-refractivity contribution in [3.8, 4) is 0 Å². The van der Waals surface area contributed by atoms with E-state index >= 15 is 0 Å². The van der Waals surface area contributed by atoms with Crippen molar-refractivity contribution in [2.45, 2.75) is 33.1 Å². The van der Waals surface area contributed by atoms with Crippen LogP contribution in [-0.4, -0.2) is 29.8 Å². The summed E-state index contributed by atoms with van der Waals surface area (Å²) < 4.78 is 0. The number of hydrogen-bond acceptors (Lipinski definition) is 3. The Hall–Kier alpha value is -1.09. The van der Waals surface area contributed by atoms with Crippen LogP contribution >= 0.6 is 0 Å². The van der Waals surface area contributed by atoms with Gasteiger partial charge in [-0.1, -0.05) is 26.8 Å². The predicted octanol–water partition coefficient (Wildman–Crippen LogP) is 2.20. The first-order valence-corrected chi connectivity index (χ1v) is 5.81. The Bertz CT molecular complexity index is 314. The van der Waals surface area contributed by atoms with Crippen LogP contribution in [0.3, 0.4) is 0 Å². The summed E-state index contributed by atoms with van der Waals surface area (Å²) in [5.74, 6) is 0.935. The first-order valence-electron chi connectivity index (χ1n) is 5.81. The van der Waals surface area contributed by atoms with Crippen molar-refractivity contribution in [1.82, 2.24) is 4.98 Å². The maximum absolute atomic E-state index is 8.94. The van der Waals surface area contributed by atoms with Gasteiger partial charge in [-0.25, -0.2) is 4.98 Å². The smallest absolute Gasteiger partial charge is 0.128 e. The van der Waals surface area contributed by atoms with E-state index in [1.165, 1.54) is 5.56 Å². The highest BCUT2D eigenvalue weighted by Crippen LogP contribution is 2.22. The lowest BCUT2D eigenvalue weighted by Crippen LogP contribution is -2.27. The average Bonchev–Trinajstić information content (AvgIpc) is 2.25. The Morgan fingerprint density at radius 2 is 2.00 bits per heavy atom. The van der Waals surface area contributed by atoms with Gasteiger partial charge < -0.3 is 10.0 Å². The number of anilines is 1. The second kappa shape index (κ2) is 5.30. The lowest BCUT2D eigenvalue weighted by atomic mass is 9.88. The largest absolute Gasteiger partial charge is 0.395 e. The number of aliphatic hydroxyl groups is 1. The molecule has 0 aliphatic heterocycles. The van der Waals surface area contributed by atoms with Crippen LogP contribution < -0.4 is 4.90 Å². The monoisotopic (exact) mass is 222 g/mol. The van der Waals surface area contributed by atoms with Crippen molar-refractivity contribution in [1.29, 1.82) is 0 Å². The third-order valence-electron chi connectivity index (χ3n) is 2.69. The van der Waals surface area contributed by atoms with Gasteiger partial charge in [-0.05, 0) is 24.0 Å². The van der Waals surface area contributed by atoms with Crippen LogP contribution in [0.25, 0.3) is 0 Å². The topological polar surface area (TPSA) is 36.4 Å². The number of hydrogen-bond donors (Lipinski definition) is 1. The van der Waals surface area contributed by atoms with Crippen molar-refractivity contribution >= 4 is 5.82 Å². The van der Waals surface area contributed by atoms with E-state index in [0.717, 1.165) is 12.4 Å². The van der Waals surface area contributed by atoms with Gasteiger partial charge in [0.15, 0.2) is 0 Å². The van der Waals surface area contributed by atoms with Crippen LogP contribution in [0, 0.1) is 0 Å². The Morgan fingerprint density at radius 3 is 2.38 bits per heavy atom. The van der Waals surface area contributed by atoms with Crippen LogP contribution in [-0.2, 0) is 5.41 Å². The highest BCUT2D eigenvalue weighted by atomic mass is 16.3. The Kier molecular flexibility index (Phi) is 4.30. The predicted molar refractivity (Wildman–Crippen MR) is 67.9 cm³/mol. The van der Waals surface area contributed by atoms with Gasteiger partial charge in [0.25, 0.3) is 0 Å². The van der Waals surface area contributed by atoms with E-state index in [9.17, 15) is 0 Å². The molecule has 1 heterocycles. The minimum absolute atomic E-state index is 0.138. The van der Waals surface area contributed by atoms with E-state index in [1.807, 2.05) is 12.3 Å². The van der Waals surface area contributed by atoms with Gasteiger partial charge in [-0.2, -0.15) is 0 Å². The number of likely N-dealkylation sites (N-methyl/N-ethyl adjacent to an activating group) is 1. The van der Waals surface area contributed by atoms with Crippen molar-refractivity contribution in [3.63, 3.8) is 0 Å². The van der Waals surface area contributed by atoms with E-state index < -0.39 is 0 Å². The standard InChI is InChI=1S/C13H22N2O/c1-5-15(8-9-16)12-7-6-11(10-14-12)13(2,3)4/h6-7,10,16H,5,8-9H2,1-4H3. The fourth-order valence-electron chi connectivity index (χ4n) is 1.57. The van der Waals surface area contributed by atoms with E-state index in [4.69, 9.17) is 5.11 Å². The van der Waals surface area contributed by atoms with Crippen LogP contribution in [0.4, 0.5) is 5.82 Å². The molecule has 0 atom stereocenters. The van der Waals surface area contributed by atoms with Crippen molar-refractivity contribution in [2.75, 3.05) is 24.6 Å². The van der Waals surface area contributed by atoms with E-state index in [2.05, 4.69) is 43.6 Å². The highest BCUT2D eigenvalue weighted by molar-refractivity contribution is 5.40. The molecule has 0 spiro atoms. The molecule has 1 aromatic rings. The Labute approximate surface area is 98.1 Å². The summed E-state index contributed by atoms with van der Waals surface area (Å²) in [5.41, 5.74) is 1.37. The number of aromatic nitrogens is 1. The first-order chi connectivity index (χ1) is 7.49. The second-order valence-corrected chi connectivity index (χ2v) is 4.96. The molecule has 1 aromatic heterocycles. The van der Waals surface area contributed by atoms with Crippen LogP contribution in [0.5, 0.6) is 0 Å². The first kappa shape index (κ1) is 13.0. The molecule has 1 rings (SSSR count). The summed E-state index contributed by atoms with van der Waals surface area (Å²) >= 11 is 0. The van der Waals surface area contributed by atoms with Gasteiger partial charge in [0.2, 0.25) is 0 Å². The molecule has 3 heteroatoms. The normalized spacial score (nSPS) is 11.6. The van der Waals surface area contributed by atoms with Crippen LogP contribution in [0.2, 0.25) is 0 Å². The molecule has 90 valence electrons. The third kappa shape index (κ3) is 3.20. The maximum atomic E-state index is 8.94. The zero-order chi connectivity index (χ0) is 12.2. The lowest BCUT2D eigenvalue weighted by molar-refractivity contribution is 0.302. The molecule has 0 aromatic carbocycles. The van der Waals surface area contributed by atoms with Gasteiger partial charge in [-0.15, -0.1) is 0 Å². The summed E-state index contributed by atoms with van der Waals surface area (Å²) in [5, 5.41) is 8.94. The molecule has 0 bridgehead atoms. The number of nitrogens with zero attached hydrogens (tertiary/aromatic N) is 2. The van der Waals surface area contributed by atoms with Crippen molar-refractivity contribution in [3.05, 3.63) is 23.9 Å². The fraction of sp³-hybridized carbons (Fsp3) is 0.615. The summed E-state index contributed by atoms with van der Waals surface area (Å²) in [6.45, 7) is 10.3. The number of rotatable bonds is 4. The minimum atomic E-state index is 0.138. The Morgan fingerprint density at radius 1 is 1.31 bits per heavy atom. The van der Waals surface area contributed by atoms with E-state index in [0.29, 0.717) is 6.54 Å². The van der Waals surface area contributed by atoms with Gasteiger partial charge in [0, 0.05) is 19.3 Å². The molecule has 0 aliphatic carbocycles. The summed E-state index contributed by atoms with van der Waals surface area (Å²) in [4.78, 5) is 6.51. The molecule has 0 fully saturated rings. The van der Waals surface area contributed by atoms with Crippen LogP contribution in [0.15, 0.2) is 18.3 Å². The number of aliphatic hydroxyl groups excluding tert-OH is 1. The van der Waals surface area contributed by atoms with Crippen molar-refractivity contribution < 1.29 is 5.11 Å². The summed E-state index contributed by atoms with van der Waals surface area (Å²) in [6.07, 6.45) is 1.93. The molecule has 0 radical (unpaired) electrons. The molecule has 16 heavy (non-hydrogen) atoms. The minimum Gasteiger partial charge on any atom is -0.395 e. The van der Waals surface area contributed by atoms with Gasteiger partial charge >= 0.3 is 0 Å². The summed E-state index contributed by atoms with van der Waals surface area (Å²) in [6, 6.07) is 4.14. The third-order valence-corrected chi connectivity index (χ3v) is 2.69. The quantitative estimate of drug-likeness (QED) is 0.848. The van der Waals surface area contributed by atoms with E-state index in [-0.39, 0.29) is 12.0 Å². The number of pyridine rings is 1. The van der Waals surface area contributed by atoms with Crippen molar-refractivity contribution in [2.24, 2.45) is 0 Å². The molecule has 0 aliphatic rings. The maximum Gasteiger partial charge on any atom is 0.128 e. The highest BCUT2D eigenvalue weighted by Gasteiger charge is 2.14. The molecular weight excluding hydrogens is 200 g/mol. The van der Waals surface area contributed by atoms with Crippen LogP contribution in [0.1, 0.15) is 33.3 Å². The molecule has 0 saturated carbocycles. The zero-order valence-electron chi connectivity index (χ0n) is 10.7. The molecule has 0 amide bonds. The van der Waals surface area contributed by atoms with E-state index in [1.54, 1.807) is 0 Å². The molecular formula is C13H22N2O. The van der Waals surface area contributed by atoms with Gasteiger partial charge in [0.05, 0.1) is 6.61 Å². The molecule has 3 nitrogen and oxygen atoms in total. The average molecular weight is 222 g/mol. The molecule has 1 N–H and O–H groups in total. The zero-order valence-corrected chi connectivity index (χ0v) is 10.7. The SMILES string of the molecule is CCN(CCO)c1ccc(C(C)(C)C)cn1. The summed E-state index contributed by atoms with van der Waals surface area (Å²) in [7, 11) is 0. The lowest BCUT2D eigenvalue weighted by Gasteiger charge is -2.23. The Balaban J connectivity index is 2.85.